The lowest BCUT2D eigenvalue weighted by atomic mass is 10.1. The summed E-state index contributed by atoms with van der Waals surface area (Å²) in [6.45, 7) is 0. The zero-order chi connectivity index (χ0) is 15.5. The van der Waals surface area contributed by atoms with Crippen LogP contribution in [0, 0.1) is 10.4 Å². The Hall–Kier alpha value is -3.28. The van der Waals surface area contributed by atoms with Crippen molar-refractivity contribution in [1.82, 2.24) is 4.98 Å². The second-order valence-corrected chi connectivity index (χ2v) is 4.57. The van der Waals surface area contributed by atoms with Crippen molar-refractivity contribution in [2.75, 3.05) is 0 Å². The molecular formula is C16H11N2O4-. The van der Waals surface area contributed by atoms with E-state index < -0.39 is 4.90 Å². The number of rotatable bonds is 2. The summed E-state index contributed by atoms with van der Waals surface area (Å²) in [6.07, 6.45) is 7.53. The van der Waals surface area contributed by atoms with E-state index in [4.69, 9.17) is 4.42 Å². The van der Waals surface area contributed by atoms with Crippen LogP contribution in [0.4, 0.5) is 0 Å². The predicted molar refractivity (Wildman–Crippen MR) is 81.9 cm³/mol. The summed E-state index contributed by atoms with van der Waals surface area (Å²) in [5.41, 5.74) is 1.70. The first kappa shape index (κ1) is 13.7. The molecule has 3 rings (SSSR count). The summed E-state index contributed by atoms with van der Waals surface area (Å²) in [5.74, 6) is 0.0171. The molecule has 1 aromatic heterocycles. The molecule has 0 radical (unpaired) electrons. The summed E-state index contributed by atoms with van der Waals surface area (Å²) in [7, 11) is 0. The van der Waals surface area contributed by atoms with E-state index in [0.717, 1.165) is 5.56 Å². The zero-order valence-electron chi connectivity index (χ0n) is 11.3. The summed E-state index contributed by atoms with van der Waals surface area (Å²) in [5, 5.41) is 31.1. The third kappa shape index (κ3) is 2.76. The fourth-order valence-electron chi connectivity index (χ4n) is 1.97. The Kier molecular flexibility index (Phi) is 3.49. The maximum Gasteiger partial charge on any atom is 0.310 e. The first-order valence-corrected chi connectivity index (χ1v) is 6.48. The smallest absolute Gasteiger partial charge is 0.310 e. The van der Waals surface area contributed by atoms with E-state index >= 15 is 0 Å². The van der Waals surface area contributed by atoms with Crippen molar-refractivity contribution < 1.29 is 14.4 Å². The van der Waals surface area contributed by atoms with Crippen LogP contribution in [0.1, 0.15) is 5.69 Å². The molecule has 22 heavy (non-hydrogen) atoms. The second kappa shape index (κ2) is 5.61. The van der Waals surface area contributed by atoms with Gasteiger partial charge >= 0.3 is 5.95 Å². The molecule has 6 heteroatoms. The van der Waals surface area contributed by atoms with Crippen molar-refractivity contribution in [1.29, 1.82) is 0 Å². The highest BCUT2D eigenvalue weighted by Gasteiger charge is 2.12. The molecule has 0 bridgehead atoms. The van der Waals surface area contributed by atoms with Crippen LogP contribution in [-0.2, 0) is 0 Å². The maximum absolute atomic E-state index is 10.6. The van der Waals surface area contributed by atoms with Crippen molar-refractivity contribution >= 4 is 11.8 Å². The van der Waals surface area contributed by atoms with E-state index in [2.05, 4.69) is 4.98 Å². The third-order valence-electron chi connectivity index (χ3n) is 3.06. The van der Waals surface area contributed by atoms with Gasteiger partial charge in [-0.25, -0.2) is 4.98 Å². The molecule has 1 aromatic carbocycles. The van der Waals surface area contributed by atoms with Gasteiger partial charge in [-0.15, -0.1) is 0 Å². The minimum atomic E-state index is -0.467. The largest absolute Gasteiger partial charge is 0.612 e. The van der Waals surface area contributed by atoms with Crippen molar-refractivity contribution in [2.24, 2.45) is 0 Å². The van der Waals surface area contributed by atoms with Gasteiger partial charge in [0, 0.05) is 17.7 Å². The van der Waals surface area contributed by atoms with Gasteiger partial charge < -0.3 is 19.9 Å². The number of aromatic hydroxyl groups is 1. The molecule has 0 aliphatic heterocycles. The van der Waals surface area contributed by atoms with Crippen molar-refractivity contribution in [3.63, 3.8) is 0 Å². The Morgan fingerprint density at radius 2 is 1.73 bits per heavy atom. The van der Waals surface area contributed by atoms with Crippen LogP contribution in [0.15, 0.2) is 64.6 Å². The Morgan fingerprint density at radius 1 is 1.05 bits per heavy atom. The number of oxazole rings is 1. The van der Waals surface area contributed by atoms with E-state index in [-0.39, 0.29) is 17.4 Å². The van der Waals surface area contributed by atoms with Gasteiger partial charge in [0.05, 0.1) is 0 Å². The summed E-state index contributed by atoms with van der Waals surface area (Å²) in [6, 6.07) is 9.20. The number of allylic oxidation sites excluding steroid dienone is 5. The van der Waals surface area contributed by atoms with E-state index in [9.17, 15) is 15.5 Å². The Morgan fingerprint density at radius 3 is 2.36 bits per heavy atom. The van der Waals surface area contributed by atoms with Crippen LogP contribution in [0.25, 0.3) is 17.5 Å². The fourth-order valence-corrected chi connectivity index (χ4v) is 1.97. The van der Waals surface area contributed by atoms with Gasteiger partial charge in [-0.2, -0.15) is 4.90 Å². The third-order valence-corrected chi connectivity index (χ3v) is 3.06. The number of hydrogen-bond donors (Lipinski definition) is 1. The molecule has 0 atom stereocenters. The lowest BCUT2D eigenvalue weighted by molar-refractivity contribution is -0.377. The van der Waals surface area contributed by atoms with Gasteiger partial charge in [-0.1, -0.05) is 18.2 Å². The molecular weight excluding hydrogens is 284 g/mol. The number of nitrogens with zero attached hydrogens (tertiary/aromatic N) is 2. The molecule has 0 spiro atoms. The van der Waals surface area contributed by atoms with E-state index in [1.165, 1.54) is 12.2 Å². The van der Waals surface area contributed by atoms with Crippen molar-refractivity contribution in [2.45, 2.75) is 0 Å². The normalized spacial score (nSPS) is 13.5. The van der Waals surface area contributed by atoms with Crippen LogP contribution in [-0.4, -0.2) is 20.7 Å². The average molecular weight is 295 g/mol. The van der Waals surface area contributed by atoms with Gasteiger partial charge in [-0.3, -0.25) is 0 Å². The fraction of sp³-hybridized carbons (Fsp3) is 0. The molecule has 2 aromatic rings. The van der Waals surface area contributed by atoms with E-state index in [0.29, 0.717) is 11.5 Å². The summed E-state index contributed by atoms with van der Waals surface area (Å²) in [4.78, 5) is 3.76. The molecule has 0 amide bonds. The van der Waals surface area contributed by atoms with E-state index in [1.807, 2.05) is 30.3 Å². The van der Waals surface area contributed by atoms with Crippen molar-refractivity contribution in [3.05, 3.63) is 76.3 Å². The van der Waals surface area contributed by atoms with Gasteiger partial charge in [0.2, 0.25) is 11.6 Å². The first-order valence-electron chi connectivity index (χ1n) is 6.48. The van der Waals surface area contributed by atoms with Gasteiger partial charge in [0.15, 0.2) is 0 Å². The molecule has 0 fully saturated rings. The van der Waals surface area contributed by atoms with Crippen LogP contribution >= 0.6 is 0 Å². The monoisotopic (exact) mass is 295 g/mol. The molecule has 110 valence electrons. The minimum Gasteiger partial charge on any atom is -0.612 e. The lowest BCUT2D eigenvalue weighted by Gasteiger charge is -2.07. The van der Waals surface area contributed by atoms with Crippen LogP contribution in [0.2, 0.25) is 0 Å². The molecule has 0 saturated carbocycles. The molecule has 1 heterocycles. The highest BCUT2D eigenvalue weighted by Crippen LogP contribution is 2.28. The molecule has 1 N–H and O–H groups in total. The standard InChI is InChI=1S/C16H11N2O4/c19-16-14(10-11-6-8-13(9-7-11)18(20)21)17-15(22-16)12-4-2-1-3-5-12/h1-10H,(H-,19,20,21)/q-1. The summed E-state index contributed by atoms with van der Waals surface area (Å²) < 4.78 is 5.24. The van der Waals surface area contributed by atoms with Gasteiger partial charge in [0.25, 0.3) is 0 Å². The Balaban J connectivity index is 1.90. The molecule has 1 aliphatic carbocycles. The van der Waals surface area contributed by atoms with Crippen LogP contribution in [0.3, 0.4) is 0 Å². The zero-order valence-corrected chi connectivity index (χ0v) is 11.3. The lowest BCUT2D eigenvalue weighted by Crippen LogP contribution is -2.06. The summed E-state index contributed by atoms with van der Waals surface area (Å²) >= 11 is 0. The van der Waals surface area contributed by atoms with Gasteiger partial charge in [0.1, 0.15) is 5.69 Å². The molecule has 0 saturated heterocycles. The maximum atomic E-state index is 10.6. The van der Waals surface area contributed by atoms with Crippen LogP contribution < -0.4 is 0 Å². The highest BCUT2D eigenvalue weighted by molar-refractivity contribution is 6.02. The highest BCUT2D eigenvalue weighted by atomic mass is 16.8. The second-order valence-electron chi connectivity index (χ2n) is 4.57. The molecule has 0 unspecified atom stereocenters. The molecule has 1 aliphatic rings. The quantitative estimate of drug-likeness (QED) is 0.678. The number of aromatic nitrogens is 1. The average Bonchev–Trinajstić information content (AvgIpc) is 2.90. The van der Waals surface area contributed by atoms with Gasteiger partial charge in [-0.05, 0) is 35.9 Å². The van der Waals surface area contributed by atoms with E-state index in [1.54, 1.807) is 18.2 Å². The molecule has 6 nitrogen and oxygen atoms in total. The van der Waals surface area contributed by atoms with Crippen molar-refractivity contribution in [3.8, 4) is 17.4 Å². The topological polar surface area (TPSA) is 95.4 Å². The number of hydrogen-bond acceptors (Lipinski definition) is 5. The number of benzene rings is 1. The predicted octanol–water partition coefficient (Wildman–Crippen LogP) is 3.01. The van der Waals surface area contributed by atoms with Crippen LogP contribution in [0.5, 0.6) is 5.95 Å². The Labute approximate surface area is 125 Å². The first-order chi connectivity index (χ1) is 10.6. The SMILES string of the molecule is [O-][N+]([O-])=C1C=CC(=Cc2nc(-c3ccccc3)oc2O)C=C1. The minimum absolute atomic E-state index is 0.00602. The Bertz CT molecular complexity index is 792.